The van der Waals surface area contributed by atoms with Crippen molar-refractivity contribution in [3.63, 3.8) is 0 Å². The van der Waals surface area contributed by atoms with Gasteiger partial charge in [-0.25, -0.2) is 4.79 Å². The number of ether oxygens (including phenoxy) is 1. The number of oxime groups is 1. The van der Waals surface area contributed by atoms with E-state index in [0.717, 1.165) is 47.4 Å². The molecule has 0 saturated heterocycles. The zero-order valence-electron chi connectivity index (χ0n) is 16.9. The molecular formula is C23H26N2O3. The minimum absolute atomic E-state index is 0.125. The fourth-order valence-electron chi connectivity index (χ4n) is 3.55. The Bertz CT molecular complexity index is 935. The molecule has 5 heteroatoms. The van der Waals surface area contributed by atoms with Gasteiger partial charge in [0.1, 0.15) is 11.2 Å². The minimum Gasteiger partial charge on any atom is -0.456 e. The van der Waals surface area contributed by atoms with Crippen LogP contribution in [0.4, 0.5) is 0 Å². The van der Waals surface area contributed by atoms with E-state index in [9.17, 15) is 4.79 Å². The highest BCUT2D eigenvalue weighted by molar-refractivity contribution is 6.04. The van der Waals surface area contributed by atoms with Crippen molar-refractivity contribution in [3.05, 3.63) is 53.2 Å². The van der Waals surface area contributed by atoms with Gasteiger partial charge in [0.2, 0.25) is 0 Å². The summed E-state index contributed by atoms with van der Waals surface area (Å²) in [5.74, 6) is -0.347. The fourth-order valence-corrected chi connectivity index (χ4v) is 3.55. The Morgan fingerprint density at radius 2 is 1.89 bits per heavy atom. The Labute approximate surface area is 165 Å². The second-order valence-corrected chi connectivity index (χ2v) is 8.86. The monoisotopic (exact) mass is 378 g/mol. The first-order chi connectivity index (χ1) is 13.2. The Morgan fingerprint density at radius 1 is 1.14 bits per heavy atom. The van der Waals surface area contributed by atoms with E-state index < -0.39 is 5.60 Å². The number of esters is 1. The summed E-state index contributed by atoms with van der Waals surface area (Å²) in [6, 6.07) is 9.71. The van der Waals surface area contributed by atoms with Crippen LogP contribution in [0.2, 0.25) is 0 Å². The molecule has 1 aromatic heterocycles. The molecule has 4 rings (SSSR count). The number of pyridine rings is 1. The summed E-state index contributed by atoms with van der Waals surface area (Å²) in [6.07, 6.45) is 5.87. The molecule has 1 spiro atoms. The van der Waals surface area contributed by atoms with Gasteiger partial charge in [-0.3, -0.25) is 4.98 Å². The Kier molecular flexibility index (Phi) is 4.48. The maximum Gasteiger partial charge on any atom is 0.338 e. The molecule has 2 heterocycles. The molecule has 2 aliphatic rings. The third kappa shape index (κ3) is 3.79. The van der Waals surface area contributed by atoms with Crippen LogP contribution in [0.25, 0.3) is 11.3 Å². The number of benzene rings is 1. The first kappa shape index (κ1) is 18.7. The van der Waals surface area contributed by atoms with Crippen molar-refractivity contribution >= 4 is 11.7 Å². The van der Waals surface area contributed by atoms with Crippen LogP contribution < -0.4 is 0 Å². The second kappa shape index (κ2) is 6.73. The van der Waals surface area contributed by atoms with Crippen molar-refractivity contribution in [3.8, 4) is 11.3 Å². The maximum absolute atomic E-state index is 12.7. The van der Waals surface area contributed by atoms with Crippen LogP contribution >= 0.6 is 0 Å². The van der Waals surface area contributed by atoms with E-state index in [1.807, 2.05) is 64.2 Å². The maximum atomic E-state index is 12.7. The third-order valence-electron chi connectivity index (χ3n) is 5.21. The number of nitrogens with zero attached hydrogens (tertiary/aromatic N) is 2. The summed E-state index contributed by atoms with van der Waals surface area (Å²) in [6.45, 7) is 7.60. The van der Waals surface area contributed by atoms with Crippen molar-refractivity contribution in [2.75, 3.05) is 0 Å². The van der Waals surface area contributed by atoms with Gasteiger partial charge in [0.25, 0.3) is 0 Å². The van der Waals surface area contributed by atoms with Gasteiger partial charge in [0, 0.05) is 23.7 Å². The van der Waals surface area contributed by atoms with E-state index in [2.05, 4.69) is 10.1 Å². The molecule has 0 radical (unpaired) electrons. The fraction of sp³-hybridized carbons (Fsp3) is 0.435. The predicted molar refractivity (Wildman–Crippen MR) is 108 cm³/mol. The molecule has 146 valence electrons. The second-order valence-electron chi connectivity index (χ2n) is 8.86. The highest BCUT2D eigenvalue weighted by atomic mass is 16.7. The summed E-state index contributed by atoms with van der Waals surface area (Å²) < 4.78 is 5.59. The predicted octanol–water partition coefficient (Wildman–Crippen LogP) is 5.06. The number of rotatable bonds is 3. The molecule has 0 atom stereocenters. The smallest absolute Gasteiger partial charge is 0.338 e. The van der Waals surface area contributed by atoms with Gasteiger partial charge in [0.15, 0.2) is 0 Å². The average molecular weight is 378 g/mol. The van der Waals surface area contributed by atoms with E-state index >= 15 is 0 Å². The van der Waals surface area contributed by atoms with E-state index in [0.29, 0.717) is 5.56 Å². The van der Waals surface area contributed by atoms with Gasteiger partial charge in [-0.15, -0.1) is 0 Å². The summed E-state index contributed by atoms with van der Waals surface area (Å²) in [4.78, 5) is 23.0. The lowest BCUT2D eigenvalue weighted by Crippen LogP contribution is -2.36. The van der Waals surface area contributed by atoms with E-state index in [-0.39, 0.29) is 11.6 Å². The van der Waals surface area contributed by atoms with Crippen LogP contribution in [0, 0.1) is 6.92 Å². The Hall–Kier alpha value is -2.69. The molecule has 0 amide bonds. The van der Waals surface area contributed by atoms with Crippen LogP contribution in [-0.2, 0) is 9.57 Å². The lowest BCUT2D eigenvalue weighted by Gasteiger charge is -2.34. The average Bonchev–Trinajstić information content (AvgIpc) is 3.07. The minimum atomic E-state index is -0.556. The highest BCUT2D eigenvalue weighted by Gasteiger charge is 2.45. The van der Waals surface area contributed by atoms with Gasteiger partial charge in [-0.2, -0.15) is 0 Å². The molecule has 1 aromatic carbocycles. The molecule has 1 aliphatic carbocycles. The van der Waals surface area contributed by atoms with Gasteiger partial charge in [-0.05, 0) is 76.8 Å². The quantitative estimate of drug-likeness (QED) is 0.701. The van der Waals surface area contributed by atoms with E-state index in [1.54, 1.807) is 0 Å². The molecule has 0 unspecified atom stereocenters. The standard InChI is InChI=1S/C23H26N2O3/c1-15-6-7-19(24-14-15)16-10-17(20-13-23(28-25-20)8-5-9-23)12-18(11-16)21(26)27-22(2,3)4/h6-7,10-12,14H,5,8-9,13H2,1-4H3. The molecule has 1 aliphatic heterocycles. The summed E-state index contributed by atoms with van der Waals surface area (Å²) in [5, 5.41) is 4.35. The Morgan fingerprint density at radius 3 is 2.46 bits per heavy atom. The van der Waals surface area contributed by atoms with Crippen molar-refractivity contribution in [1.29, 1.82) is 0 Å². The van der Waals surface area contributed by atoms with Crippen LogP contribution in [0.1, 0.15) is 67.9 Å². The topological polar surface area (TPSA) is 60.8 Å². The van der Waals surface area contributed by atoms with Crippen LogP contribution in [0.5, 0.6) is 0 Å². The first-order valence-corrected chi connectivity index (χ1v) is 9.80. The number of carbonyl (C=O) groups excluding carboxylic acids is 1. The van der Waals surface area contributed by atoms with Crippen molar-refractivity contribution in [1.82, 2.24) is 4.98 Å². The van der Waals surface area contributed by atoms with Crippen molar-refractivity contribution in [2.45, 2.75) is 64.6 Å². The third-order valence-corrected chi connectivity index (χ3v) is 5.21. The SMILES string of the molecule is Cc1ccc(-c2cc(C(=O)OC(C)(C)C)cc(C3=NOC4(CCC4)C3)c2)nc1. The van der Waals surface area contributed by atoms with E-state index in [1.165, 1.54) is 6.42 Å². The van der Waals surface area contributed by atoms with Gasteiger partial charge in [-0.1, -0.05) is 11.2 Å². The molecule has 1 saturated carbocycles. The summed E-state index contributed by atoms with van der Waals surface area (Å²) >= 11 is 0. The summed E-state index contributed by atoms with van der Waals surface area (Å²) in [5.41, 5.74) is 4.38. The number of hydrogen-bond donors (Lipinski definition) is 0. The van der Waals surface area contributed by atoms with Crippen molar-refractivity contribution < 1.29 is 14.4 Å². The number of hydrogen-bond acceptors (Lipinski definition) is 5. The molecule has 0 bridgehead atoms. The first-order valence-electron chi connectivity index (χ1n) is 9.80. The van der Waals surface area contributed by atoms with Gasteiger partial charge < -0.3 is 9.57 Å². The largest absolute Gasteiger partial charge is 0.456 e. The zero-order valence-corrected chi connectivity index (χ0v) is 16.9. The molecule has 0 N–H and O–H groups in total. The van der Waals surface area contributed by atoms with Gasteiger partial charge in [0.05, 0.1) is 17.0 Å². The van der Waals surface area contributed by atoms with Crippen LogP contribution in [-0.4, -0.2) is 27.9 Å². The van der Waals surface area contributed by atoms with E-state index in [4.69, 9.17) is 9.57 Å². The molecule has 5 nitrogen and oxygen atoms in total. The molecule has 2 aromatic rings. The lowest BCUT2D eigenvalue weighted by molar-refractivity contribution is -0.0755. The number of carbonyl (C=O) groups is 1. The van der Waals surface area contributed by atoms with Crippen LogP contribution in [0.3, 0.4) is 0 Å². The number of aryl methyl sites for hydroxylation is 1. The Balaban J connectivity index is 1.72. The zero-order chi connectivity index (χ0) is 19.9. The molecule has 1 fully saturated rings. The van der Waals surface area contributed by atoms with Gasteiger partial charge >= 0.3 is 5.97 Å². The van der Waals surface area contributed by atoms with Crippen molar-refractivity contribution in [2.24, 2.45) is 5.16 Å². The lowest BCUT2D eigenvalue weighted by atomic mass is 9.76. The van der Waals surface area contributed by atoms with Crippen LogP contribution in [0.15, 0.2) is 41.7 Å². The summed E-state index contributed by atoms with van der Waals surface area (Å²) in [7, 11) is 0. The normalized spacial score (nSPS) is 17.6. The molecular weight excluding hydrogens is 352 g/mol. The molecule has 28 heavy (non-hydrogen) atoms. The highest BCUT2D eigenvalue weighted by Crippen LogP contribution is 2.43. The number of aromatic nitrogens is 1.